The minimum atomic E-state index is -0.440. The molecule has 0 bridgehead atoms. The Morgan fingerprint density at radius 3 is 2.83 bits per heavy atom. The van der Waals surface area contributed by atoms with Gasteiger partial charge in [-0.3, -0.25) is 0 Å². The number of nitrogens with two attached hydrogens (primary N) is 1. The second kappa shape index (κ2) is 2.66. The van der Waals surface area contributed by atoms with Crippen LogP contribution in [0, 0.1) is 5.82 Å². The minimum Gasteiger partial charge on any atom is -0.487 e. The second-order valence-corrected chi connectivity index (χ2v) is 2.98. The molecule has 2 rings (SSSR count). The SMILES string of the molecule is Nc1cccc(OC2CC2)c1F. The van der Waals surface area contributed by atoms with Crippen molar-refractivity contribution < 1.29 is 9.13 Å². The molecule has 2 N–H and O–H groups in total. The number of hydrogen-bond donors (Lipinski definition) is 1. The first-order valence-electron chi connectivity index (χ1n) is 3.98. The van der Waals surface area contributed by atoms with E-state index in [0.717, 1.165) is 12.8 Å². The molecule has 0 unspecified atom stereocenters. The monoisotopic (exact) mass is 167 g/mol. The predicted molar refractivity (Wildman–Crippen MR) is 44.5 cm³/mol. The molecule has 1 aromatic rings. The third-order valence-corrected chi connectivity index (χ3v) is 1.81. The second-order valence-electron chi connectivity index (χ2n) is 2.98. The molecule has 1 fully saturated rings. The first kappa shape index (κ1) is 7.40. The lowest BCUT2D eigenvalue weighted by Crippen LogP contribution is -2.00. The first-order chi connectivity index (χ1) is 5.77. The number of nitrogen functional groups attached to an aromatic ring is 1. The molecule has 1 saturated carbocycles. The third kappa shape index (κ3) is 1.35. The van der Waals surface area contributed by atoms with Crippen LogP contribution in [0.3, 0.4) is 0 Å². The maximum Gasteiger partial charge on any atom is 0.187 e. The van der Waals surface area contributed by atoms with Crippen LogP contribution in [0.15, 0.2) is 18.2 Å². The summed E-state index contributed by atoms with van der Waals surface area (Å²) in [5.41, 5.74) is 5.51. The number of halogens is 1. The number of anilines is 1. The van der Waals surface area contributed by atoms with E-state index in [1.54, 1.807) is 12.1 Å². The van der Waals surface area contributed by atoms with Gasteiger partial charge in [0.25, 0.3) is 0 Å². The minimum absolute atomic E-state index is 0.146. The van der Waals surface area contributed by atoms with Crippen molar-refractivity contribution in [1.82, 2.24) is 0 Å². The molecule has 1 aliphatic carbocycles. The molecular formula is C9H10FNO. The molecule has 2 nitrogen and oxygen atoms in total. The van der Waals surface area contributed by atoms with Gasteiger partial charge in [-0.2, -0.15) is 0 Å². The van der Waals surface area contributed by atoms with Gasteiger partial charge in [-0.05, 0) is 25.0 Å². The summed E-state index contributed by atoms with van der Waals surface area (Å²) in [6.07, 6.45) is 2.25. The summed E-state index contributed by atoms with van der Waals surface area (Å²) in [5, 5.41) is 0. The van der Waals surface area contributed by atoms with Gasteiger partial charge < -0.3 is 10.5 Å². The van der Waals surface area contributed by atoms with Crippen LogP contribution in [0.5, 0.6) is 5.75 Å². The highest BCUT2D eigenvalue weighted by Crippen LogP contribution is 2.30. The van der Waals surface area contributed by atoms with Crippen LogP contribution in [0.25, 0.3) is 0 Å². The summed E-state index contributed by atoms with van der Waals surface area (Å²) in [7, 11) is 0. The largest absolute Gasteiger partial charge is 0.487 e. The van der Waals surface area contributed by atoms with E-state index in [-0.39, 0.29) is 17.5 Å². The van der Waals surface area contributed by atoms with E-state index in [2.05, 4.69) is 0 Å². The van der Waals surface area contributed by atoms with Crippen molar-refractivity contribution in [2.75, 3.05) is 5.73 Å². The Morgan fingerprint density at radius 2 is 2.17 bits per heavy atom. The Balaban J connectivity index is 2.23. The fourth-order valence-corrected chi connectivity index (χ4v) is 0.984. The molecule has 0 radical (unpaired) electrons. The summed E-state index contributed by atoms with van der Waals surface area (Å²) >= 11 is 0. The van der Waals surface area contributed by atoms with Crippen LogP contribution in [0.2, 0.25) is 0 Å². The fraction of sp³-hybridized carbons (Fsp3) is 0.333. The summed E-state index contributed by atoms with van der Waals surface area (Å²) in [4.78, 5) is 0. The van der Waals surface area contributed by atoms with E-state index in [4.69, 9.17) is 10.5 Å². The zero-order chi connectivity index (χ0) is 8.55. The number of hydrogen-bond acceptors (Lipinski definition) is 2. The molecule has 64 valence electrons. The molecule has 0 spiro atoms. The molecule has 0 saturated heterocycles. The van der Waals surface area contributed by atoms with Gasteiger partial charge in [0.15, 0.2) is 11.6 Å². The van der Waals surface area contributed by atoms with Crippen LogP contribution < -0.4 is 10.5 Å². The zero-order valence-electron chi connectivity index (χ0n) is 6.59. The van der Waals surface area contributed by atoms with E-state index in [1.165, 1.54) is 6.07 Å². The summed E-state index contributed by atoms with van der Waals surface area (Å²) < 4.78 is 18.4. The van der Waals surface area contributed by atoms with E-state index >= 15 is 0 Å². The van der Waals surface area contributed by atoms with Gasteiger partial charge in [-0.1, -0.05) is 6.07 Å². The molecule has 1 aliphatic rings. The molecule has 0 aromatic heterocycles. The highest BCUT2D eigenvalue weighted by atomic mass is 19.1. The summed E-state index contributed by atoms with van der Waals surface area (Å²) in [6.45, 7) is 0. The average molecular weight is 167 g/mol. The van der Waals surface area contributed by atoms with Crippen molar-refractivity contribution in [3.05, 3.63) is 24.0 Å². The maximum absolute atomic E-state index is 13.1. The Bertz CT molecular complexity index is 297. The first-order valence-corrected chi connectivity index (χ1v) is 3.98. The van der Waals surface area contributed by atoms with E-state index in [0.29, 0.717) is 0 Å². The Kier molecular flexibility index (Phi) is 1.64. The van der Waals surface area contributed by atoms with Crippen molar-refractivity contribution in [1.29, 1.82) is 0 Å². The molecular weight excluding hydrogens is 157 g/mol. The van der Waals surface area contributed by atoms with Crippen LogP contribution in [0.1, 0.15) is 12.8 Å². The summed E-state index contributed by atoms with van der Waals surface area (Å²) in [6, 6.07) is 4.81. The standard InChI is InChI=1S/C9H10FNO/c10-9-7(11)2-1-3-8(9)12-6-4-5-6/h1-3,6H,4-5,11H2. The number of benzene rings is 1. The van der Waals surface area contributed by atoms with Gasteiger partial charge in [0, 0.05) is 0 Å². The molecule has 12 heavy (non-hydrogen) atoms. The van der Waals surface area contributed by atoms with Crippen LogP contribution >= 0.6 is 0 Å². The topological polar surface area (TPSA) is 35.2 Å². The Hall–Kier alpha value is -1.25. The van der Waals surface area contributed by atoms with Gasteiger partial charge in [0.05, 0.1) is 11.8 Å². The summed E-state index contributed by atoms with van der Waals surface area (Å²) in [5.74, 6) is -0.165. The molecule has 0 amide bonds. The predicted octanol–water partition coefficient (Wildman–Crippen LogP) is 1.95. The van der Waals surface area contributed by atoms with Crippen molar-refractivity contribution >= 4 is 5.69 Å². The van der Waals surface area contributed by atoms with Crippen LogP contribution in [-0.4, -0.2) is 6.10 Å². The zero-order valence-corrected chi connectivity index (χ0v) is 6.59. The van der Waals surface area contributed by atoms with E-state index in [1.807, 2.05) is 0 Å². The molecule has 1 aromatic carbocycles. The van der Waals surface area contributed by atoms with Crippen molar-refractivity contribution in [3.8, 4) is 5.75 Å². The number of rotatable bonds is 2. The maximum atomic E-state index is 13.1. The van der Waals surface area contributed by atoms with Crippen molar-refractivity contribution in [2.45, 2.75) is 18.9 Å². The van der Waals surface area contributed by atoms with Gasteiger partial charge >= 0.3 is 0 Å². The van der Waals surface area contributed by atoms with Gasteiger partial charge in [0.1, 0.15) is 0 Å². The lowest BCUT2D eigenvalue weighted by Gasteiger charge is -2.06. The van der Waals surface area contributed by atoms with E-state index in [9.17, 15) is 4.39 Å². The average Bonchev–Trinajstić information content (AvgIpc) is 2.83. The quantitative estimate of drug-likeness (QED) is 0.683. The lowest BCUT2D eigenvalue weighted by molar-refractivity contribution is 0.288. The highest BCUT2D eigenvalue weighted by Gasteiger charge is 2.24. The van der Waals surface area contributed by atoms with Crippen molar-refractivity contribution in [2.24, 2.45) is 0 Å². The molecule has 3 heteroatoms. The van der Waals surface area contributed by atoms with Crippen LogP contribution in [0.4, 0.5) is 10.1 Å². The normalized spacial score (nSPS) is 16.1. The number of ether oxygens (including phenoxy) is 1. The van der Waals surface area contributed by atoms with Crippen LogP contribution in [-0.2, 0) is 0 Å². The Morgan fingerprint density at radius 1 is 1.42 bits per heavy atom. The van der Waals surface area contributed by atoms with Crippen molar-refractivity contribution in [3.63, 3.8) is 0 Å². The smallest absolute Gasteiger partial charge is 0.187 e. The molecule has 0 aliphatic heterocycles. The van der Waals surface area contributed by atoms with E-state index < -0.39 is 5.82 Å². The fourth-order valence-electron chi connectivity index (χ4n) is 0.984. The highest BCUT2D eigenvalue weighted by molar-refractivity contribution is 5.46. The Labute approximate surface area is 70.1 Å². The van der Waals surface area contributed by atoms with Gasteiger partial charge in [0.2, 0.25) is 0 Å². The lowest BCUT2D eigenvalue weighted by atomic mass is 10.3. The third-order valence-electron chi connectivity index (χ3n) is 1.81. The van der Waals surface area contributed by atoms with Gasteiger partial charge in [-0.15, -0.1) is 0 Å². The molecule has 0 atom stereocenters. The van der Waals surface area contributed by atoms with Gasteiger partial charge in [-0.25, -0.2) is 4.39 Å². The molecule has 0 heterocycles.